The van der Waals surface area contributed by atoms with E-state index in [1.165, 1.54) is 12.1 Å². The number of carbonyl (C=O) groups excluding carboxylic acids is 2. The van der Waals surface area contributed by atoms with Gasteiger partial charge in [-0.1, -0.05) is 31.2 Å². The van der Waals surface area contributed by atoms with Crippen molar-refractivity contribution in [1.29, 1.82) is 0 Å². The summed E-state index contributed by atoms with van der Waals surface area (Å²) in [4.78, 5) is 28.4. The molecule has 2 atom stereocenters. The molecule has 3 heterocycles. The summed E-state index contributed by atoms with van der Waals surface area (Å²) in [5.74, 6) is -3.26. The third kappa shape index (κ3) is 4.67. The van der Waals surface area contributed by atoms with Gasteiger partial charge >= 0.3 is 0 Å². The molecule has 1 N–H and O–H groups in total. The van der Waals surface area contributed by atoms with Crippen LogP contribution in [0.15, 0.2) is 30.3 Å². The Morgan fingerprint density at radius 2 is 1.97 bits per heavy atom. The average Bonchev–Trinajstić information content (AvgIpc) is 3.40. The number of alkyl halides is 2. The van der Waals surface area contributed by atoms with E-state index in [0.717, 1.165) is 31.9 Å². The van der Waals surface area contributed by atoms with Crippen molar-refractivity contribution in [1.82, 2.24) is 14.8 Å². The zero-order valence-electron chi connectivity index (χ0n) is 19.4. The molecule has 2 unspecified atom stereocenters. The average molecular weight is 460 g/mol. The largest absolute Gasteiger partial charge is 0.373 e. The molecule has 2 aliphatic rings. The minimum Gasteiger partial charge on any atom is -0.373 e. The van der Waals surface area contributed by atoms with E-state index < -0.39 is 5.92 Å². The fourth-order valence-corrected chi connectivity index (χ4v) is 4.75. The number of likely N-dealkylation sites (tertiary alicyclic amines) is 1. The summed E-state index contributed by atoms with van der Waals surface area (Å²) < 4.78 is 34.6. The van der Waals surface area contributed by atoms with Crippen LogP contribution in [0, 0.1) is 0 Å². The molecule has 0 radical (unpaired) electrons. The van der Waals surface area contributed by atoms with Crippen LogP contribution in [-0.4, -0.2) is 40.5 Å². The maximum absolute atomic E-state index is 13.5. The lowest BCUT2D eigenvalue weighted by Crippen LogP contribution is -2.35. The molecule has 0 saturated carbocycles. The van der Waals surface area contributed by atoms with E-state index in [1.807, 2.05) is 23.3 Å². The molecular weight excluding hydrogens is 428 g/mol. The van der Waals surface area contributed by atoms with Crippen molar-refractivity contribution in [2.24, 2.45) is 0 Å². The minimum atomic E-state index is -2.91. The van der Waals surface area contributed by atoms with Gasteiger partial charge in [-0.25, -0.2) is 8.78 Å². The van der Waals surface area contributed by atoms with E-state index in [-0.39, 0.29) is 36.1 Å². The molecule has 178 valence electrons. The fraction of sp³-hybridized carbons (Fsp3) is 0.520. The minimum absolute atomic E-state index is 0.0506. The second-order valence-electron chi connectivity index (χ2n) is 9.03. The van der Waals surface area contributed by atoms with E-state index >= 15 is 0 Å². The highest BCUT2D eigenvalue weighted by molar-refractivity contribution is 6.01. The van der Waals surface area contributed by atoms with E-state index in [1.54, 1.807) is 18.2 Å². The van der Waals surface area contributed by atoms with Gasteiger partial charge in [-0.05, 0) is 37.8 Å². The third-order valence-electron chi connectivity index (χ3n) is 6.72. The van der Waals surface area contributed by atoms with Crippen LogP contribution >= 0.6 is 0 Å². The highest BCUT2D eigenvalue weighted by Crippen LogP contribution is 2.29. The first-order valence-corrected chi connectivity index (χ1v) is 11.6. The van der Waals surface area contributed by atoms with Crippen molar-refractivity contribution in [3.05, 3.63) is 58.4 Å². The Morgan fingerprint density at radius 1 is 1.24 bits per heavy atom. The maximum atomic E-state index is 13.5. The van der Waals surface area contributed by atoms with Crippen molar-refractivity contribution < 1.29 is 23.1 Å². The Kier molecular flexibility index (Phi) is 6.56. The van der Waals surface area contributed by atoms with Gasteiger partial charge in [0.2, 0.25) is 0 Å². The first-order valence-electron chi connectivity index (χ1n) is 11.6. The molecular formula is C25H31F2N3O3. The van der Waals surface area contributed by atoms with Crippen molar-refractivity contribution >= 4 is 11.8 Å². The molecule has 2 aromatic rings. The maximum Gasteiger partial charge on any atom is 0.270 e. The van der Waals surface area contributed by atoms with E-state index in [9.17, 15) is 18.4 Å². The SMILES string of the molecule is CCC(NC(=O)c1cc(C(=O)N2CCCC2C)n2c1COCC2)c1ccc(C(C)(F)F)cc1. The number of nitrogens with zero attached hydrogens (tertiary/aromatic N) is 2. The summed E-state index contributed by atoms with van der Waals surface area (Å²) in [6, 6.07) is 7.57. The number of ether oxygens (including phenoxy) is 1. The normalized spacial score (nSPS) is 19.3. The predicted molar refractivity (Wildman–Crippen MR) is 120 cm³/mol. The first-order chi connectivity index (χ1) is 15.7. The summed E-state index contributed by atoms with van der Waals surface area (Å²) in [5, 5.41) is 3.02. The quantitative estimate of drug-likeness (QED) is 0.685. The molecule has 0 bridgehead atoms. The van der Waals surface area contributed by atoms with Crippen LogP contribution in [0.1, 0.15) is 83.7 Å². The zero-order chi connectivity index (χ0) is 23.8. The predicted octanol–water partition coefficient (Wildman–Crippen LogP) is 4.64. The number of benzene rings is 1. The smallest absolute Gasteiger partial charge is 0.270 e. The number of rotatable bonds is 6. The number of hydrogen-bond acceptors (Lipinski definition) is 3. The molecule has 2 amide bonds. The van der Waals surface area contributed by atoms with Gasteiger partial charge in [0.25, 0.3) is 17.7 Å². The molecule has 1 fully saturated rings. The Labute approximate surface area is 192 Å². The van der Waals surface area contributed by atoms with Crippen molar-refractivity contribution in [3.63, 3.8) is 0 Å². The van der Waals surface area contributed by atoms with Gasteiger partial charge in [0.05, 0.1) is 30.5 Å². The molecule has 0 spiro atoms. The molecule has 4 rings (SSSR count). The fourth-order valence-electron chi connectivity index (χ4n) is 4.75. The number of aromatic nitrogens is 1. The van der Waals surface area contributed by atoms with Crippen LogP contribution in [0.5, 0.6) is 0 Å². The Balaban J connectivity index is 1.58. The lowest BCUT2D eigenvalue weighted by Gasteiger charge is -2.24. The second-order valence-corrected chi connectivity index (χ2v) is 9.03. The van der Waals surface area contributed by atoms with Crippen molar-refractivity contribution in [2.45, 2.75) is 71.2 Å². The summed E-state index contributed by atoms with van der Waals surface area (Å²) >= 11 is 0. The molecule has 1 aromatic carbocycles. The van der Waals surface area contributed by atoms with Gasteiger partial charge in [0, 0.05) is 31.6 Å². The third-order valence-corrected chi connectivity index (χ3v) is 6.72. The van der Waals surface area contributed by atoms with Crippen molar-refractivity contribution in [2.75, 3.05) is 13.2 Å². The van der Waals surface area contributed by atoms with Gasteiger partial charge in [-0.15, -0.1) is 0 Å². The molecule has 1 saturated heterocycles. The molecule has 2 aliphatic heterocycles. The van der Waals surface area contributed by atoms with Crippen LogP contribution in [-0.2, 0) is 23.8 Å². The van der Waals surface area contributed by atoms with Gasteiger partial charge in [-0.3, -0.25) is 9.59 Å². The second kappa shape index (κ2) is 9.25. The van der Waals surface area contributed by atoms with Crippen LogP contribution in [0.3, 0.4) is 0 Å². The van der Waals surface area contributed by atoms with Crippen LogP contribution in [0.25, 0.3) is 0 Å². The van der Waals surface area contributed by atoms with Crippen LogP contribution < -0.4 is 5.32 Å². The number of nitrogens with one attached hydrogen (secondary N) is 1. The van der Waals surface area contributed by atoms with Crippen LogP contribution in [0.2, 0.25) is 0 Å². The topological polar surface area (TPSA) is 63.6 Å². The highest BCUT2D eigenvalue weighted by atomic mass is 19.3. The van der Waals surface area contributed by atoms with Crippen molar-refractivity contribution in [3.8, 4) is 0 Å². The lowest BCUT2D eigenvalue weighted by molar-refractivity contribution is 0.0174. The summed E-state index contributed by atoms with van der Waals surface area (Å²) in [5.41, 5.74) is 2.34. The van der Waals surface area contributed by atoms with E-state index in [0.29, 0.717) is 36.5 Å². The number of fused-ring (bicyclic) bond motifs is 1. The number of carbonyl (C=O) groups is 2. The van der Waals surface area contributed by atoms with E-state index in [4.69, 9.17) is 4.74 Å². The lowest BCUT2D eigenvalue weighted by atomic mass is 10.0. The summed E-state index contributed by atoms with van der Waals surface area (Å²) in [6.45, 7) is 6.84. The first kappa shape index (κ1) is 23.4. The molecule has 33 heavy (non-hydrogen) atoms. The summed E-state index contributed by atoms with van der Waals surface area (Å²) in [6.07, 6.45) is 2.56. The van der Waals surface area contributed by atoms with Gasteiger partial charge in [0.15, 0.2) is 0 Å². The van der Waals surface area contributed by atoms with E-state index in [2.05, 4.69) is 5.32 Å². The van der Waals surface area contributed by atoms with Gasteiger partial charge in [-0.2, -0.15) is 0 Å². The van der Waals surface area contributed by atoms with Crippen LogP contribution in [0.4, 0.5) is 8.78 Å². The highest BCUT2D eigenvalue weighted by Gasteiger charge is 2.32. The molecule has 0 aliphatic carbocycles. The Bertz CT molecular complexity index is 1030. The number of hydrogen-bond donors (Lipinski definition) is 1. The monoisotopic (exact) mass is 459 g/mol. The Morgan fingerprint density at radius 3 is 2.58 bits per heavy atom. The number of halogens is 2. The molecule has 1 aromatic heterocycles. The van der Waals surface area contributed by atoms with Gasteiger partial charge < -0.3 is 19.5 Å². The Hall–Kier alpha value is -2.74. The zero-order valence-corrected chi connectivity index (χ0v) is 19.4. The summed E-state index contributed by atoms with van der Waals surface area (Å²) in [7, 11) is 0. The molecule has 8 heteroatoms. The standard InChI is InChI=1S/C25H31F2N3O3/c1-4-20(17-7-9-18(10-8-17)25(3,26)27)28-23(31)19-14-21(30-12-13-33-15-22(19)30)24(32)29-11-5-6-16(29)2/h7-10,14,16,20H,4-6,11-13,15H2,1-3H3,(H,28,31). The number of amides is 2. The molecule has 6 nitrogen and oxygen atoms in total. The van der Waals surface area contributed by atoms with Gasteiger partial charge in [0.1, 0.15) is 5.69 Å².